The number of carbonyl (C=O) groups excluding carboxylic acids is 2. The summed E-state index contributed by atoms with van der Waals surface area (Å²) in [5.41, 5.74) is 6.96. The fraction of sp³-hybridized carbons (Fsp3) is 0.421. The Kier molecular flexibility index (Phi) is 6.55. The minimum Gasteiger partial charge on any atom is -0.378 e. The van der Waals surface area contributed by atoms with Gasteiger partial charge in [-0.25, -0.2) is 0 Å². The molecule has 0 spiro atoms. The molecule has 1 saturated heterocycles. The average molecular weight is 399 g/mol. The van der Waals surface area contributed by atoms with E-state index in [1.165, 1.54) is 0 Å². The monoisotopic (exact) mass is 399 g/mol. The van der Waals surface area contributed by atoms with E-state index in [2.05, 4.69) is 25.6 Å². The predicted octanol–water partition coefficient (Wildman–Crippen LogP) is 1.53. The van der Waals surface area contributed by atoms with Crippen molar-refractivity contribution >= 4 is 35.1 Å². The Morgan fingerprint density at radius 1 is 1.07 bits per heavy atom. The molecular weight excluding hydrogens is 374 g/mol. The second-order valence-electron chi connectivity index (χ2n) is 7.09. The minimum atomic E-state index is -0.495. The Morgan fingerprint density at radius 3 is 2.31 bits per heavy atom. The number of hydrogen-bond acceptors (Lipinski definition) is 8. The minimum absolute atomic E-state index is 0.0187. The van der Waals surface area contributed by atoms with E-state index in [-0.39, 0.29) is 23.6 Å². The van der Waals surface area contributed by atoms with Crippen LogP contribution in [0.4, 0.5) is 23.3 Å². The number of nitrogens with two attached hydrogens (primary N) is 1. The van der Waals surface area contributed by atoms with Crippen LogP contribution in [0.1, 0.15) is 30.9 Å². The van der Waals surface area contributed by atoms with Crippen LogP contribution < -0.4 is 21.3 Å². The van der Waals surface area contributed by atoms with Gasteiger partial charge in [0.2, 0.25) is 23.6 Å². The van der Waals surface area contributed by atoms with Crippen molar-refractivity contribution in [3.05, 3.63) is 30.1 Å². The van der Waals surface area contributed by atoms with Gasteiger partial charge < -0.3 is 26.0 Å². The van der Waals surface area contributed by atoms with Gasteiger partial charge in [-0.15, -0.1) is 0 Å². The summed E-state index contributed by atoms with van der Waals surface area (Å²) >= 11 is 0. The lowest BCUT2D eigenvalue weighted by Gasteiger charge is -2.26. The number of aromatic nitrogens is 3. The number of anilines is 4. The van der Waals surface area contributed by atoms with Crippen LogP contribution in [0.15, 0.2) is 24.3 Å². The molecule has 1 aliphatic rings. The van der Waals surface area contributed by atoms with Gasteiger partial charge in [-0.1, -0.05) is 13.8 Å². The van der Waals surface area contributed by atoms with Gasteiger partial charge in [-0.2, -0.15) is 15.0 Å². The van der Waals surface area contributed by atoms with E-state index in [0.717, 1.165) is 0 Å². The number of rotatable bonds is 6. The summed E-state index contributed by atoms with van der Waals surface area (Å²) in [7, 11) is 0. The number of nitrogens with zero attached hydrogens (tertiary/aromatic N) is 4. The summed E-state index contributed by atoms with van der Waals surface area (Å²) in [6.45, 7) is 6.33. The fourth-order valence-corrected chi connectivity index (χ4v) is 2.79. The summed E-state index contributed by atoms with van der Waals surface area (Å²) in [5.74, 6) is 0.0133. The molecule has 2 heterocycles. The molecule has 29 heavy (non-hydrogen) atoms. The molecule has 1 aliphatic heterocycles. The molecule has 1 aromatic heterocycles. The number of nitrogens with one attached hydrogen (secondary N) is 2. The Labute approximate surface area is 168 Å². The van der Waals surface area contributed by atoms with Crippen molar-refractivity contribution in [2.24, 2.45) is 5.92 Å². The molecule has 0 atom stereocenters. The normalized spacial score (nSPS) is 14.0. The van der Waals surface area contributed by atoms with Crippen molar-refractivity contribution in [1.29, 1.82) is 0 Å². The van der Waals surface area contributed by atoms with Crippen molar-refractivity contribution in [2.75, 3.05) is 47.6 Å². The van der Waals surface area contributed by atoms with E-state index in [0.29, 0.717) is 50.0 Å². The Hall–Kier alpha value is -3.27. The number of carbonyl (C=O) groups is 2. The van der Waals surface area contributed by atoms with Gasteiger partial charge in [0.1, 0.15) is 0 Å². The lowest BCUT2D eigenvalue weighted by molar-refractivity contribution is -0.116. The maximum Gasteiger partial charge on any atom is 0.293 e. The maximum atomic E-state index is 12.6. The Morgan fingerprint density at radius 2 is 1.69 bits per heavy atom. The van der Waals surface area contributed by atoms with Gasteiger partial charge in [0.15, 0.2) is 0 Å². The number of nitrogen functional groups attached to an aromatic ring is 1. The molecule has 0 radical (unpaired) electrons. The zero-order valence-electron chi connectivity index (χ0n) is 16.5. The quantitative estimate of drug-likeness (QED) is 0.665. The molecule has 10 heteroatoms. The van der Waals surface area contributed by atoms with Crippen LogP contribution in [0.25, 0.3) is 0 Å². The molecule has 0 unspecified atom stereocenters. The molecule has 4 N–H and O–H groups in total. The number of ether oxygens (including phenoxy) is 1. The zero-order valence-corrected chi connectivity index (χ0v) is 16.5. The highest BCUT2D eigenvalue weighted by Crippen LogP contribution is 2.16. The lowest BCUT2D eigenvalue weighted by Crippen LogP contribution is -2.38. The first-order valence-corrected chi connectivity index (χ1v) is 9.46. The van der Waals surface area contributed by atoms with Gasteiger partial charge in [-0.05, 0) is 30.2 Å². The first-order valence-electron chi connectivity index (χ1n) is 9.46. The summed E-state index contributed by atoms with van der Waals surface area (Å²) in [4.78, 5) is 38.6. The van der Waals surface area contributed by atoms with Crippen molar-refractivity contribution in [3.8, 4) is 0 Å². The lowest BCUT2D eigenvalue weighted by atomic mass is 10.1. The molecule has 2 amide bonds. The van der Waals surface area contributed by atoms with E-state index in [1.807, 2.05) is 18.7 Å². The van der Waals surface area contributed by atoms with Gasteiger partial charge in [0.25, 0.3) is 5.91 Å². The third-order valence-corrected chi connectivity index (χ3v) is 4.16. The molecule has 0 aliphatic carbocycles. The third kappa shape index (κ3) is 5.85. The predicted molar refractivity (Wildman–Crippen MR) is 110 cm³/mol. The maximum absolute atomic E-state index is 12.6. The molecule has 0 bridgehead atoms. The van der Waals surface area contributed by atoms with Crippen LogP contribution >= 0.6 is 0 Å². The summed E-state index contributed by atoms with van der Waals surface area (Å²) in [6.07, 6.45) is 0.449. The van der Waals surface area contributed by atoms with Crippen LogP contribution in [-0.2, 0) is 9.53 Å². The van der Waals surface area contributed by atoms with Gasteiger partial charge in [-0.3, -0.25) is 9.59 Å². The van der Waals surface area contributed by atoms with E-state index in [4.69, 9.17) is 10.5 Å². The van der Waals surface area contributed by atoms with E-state index in [1.54, 1.807) is 24.3 Å². The highest BCUT2D eigenvalue weighted by Gasteiger charge is 2.19. The molecular formula is C19H25N7O3. The highest BCUT2D eigenvalue weighted by molar-refractivity contribution is 6.02. The van der Waals surface area contributed by atoms with Crippen LogP contribution in [-0.4, -0.2) is 53.1 Å². The summed E-state index contributed by atoms with van der Waals surface area (Å²) in [5, 5.41) is 5.55. The molecule has 10 nitrogen and oxygen atoms in total. The molecule has 154 valence electrons. The summed E-state index contributed by atoms with van der Waals surface area (Å²) < 4.78 is 5.31. The van der Waals surface area contributed by atoms with Gasteiger partial charge in [0, 0.05) is 30.9 Å². The van der Waals surface area contributed by atoms with Crippen molar-refractivity contribution < 1.29 is 14.3 Å². The van der Waals surface area contributed by atoms with Crippen molar-refractivity contribution in [1.82, 2.24) is 15.0 Å². The standard InChI is InChI=1S/C19H25N7O3/c1-12(2)11-15(27)21-13-3-5-14(6-4-13)22-17(28)16-23-18(20)25-19(24-16)26-7-9-29-10-8-26/h3-6,12H,7-11H2,1-2H3,(H,21,27)(H,22,28)(H2,20,23,24,25). The Balaban J connectivity index is 1.65. The highest BCUT2D eigenvalue weighted by atomic mass is 16.5. The van der Waals surface area contributed by atoms with Crippen LogP contribution in [0.3, 0.4) is 0 Å². The second-order valence-corrected chi connectivity index (χ2v) is 7.09. The van der Waals surface area contributed by atoms with E-state index >= 15 is 0 Å². The molecule has 1 aromatic carbocycles. The average Bonchev–Trinajstić information content (AvgIpc) is 2.69. The SMILES string of the molecule is CC(C)CC(=O)Nc1ccc(NC(=O)c2nc(N)nc(N3CCOCC3)n2)cc1. The topological polar surface area (TPSA) is 135 Å². The Bertz CT molecular complexity index is 865. The van der Waals surface area contributed by atoms with Gasteiger partial charge in [0.05, 0.1) is 13.2 Å². The number of morpholine rings is 1. The summed E-state index contributed by atoms with van der Waals surface area (Å²) in [6, 6.07) is 6.82. The van der Waals surface area contributed by atoms with Crippen molar-refractivity contribution in [2.45, 2.75) is 20.3 Å². The molecule has 1 fully saturated rings. The second kappa shape index (κ2) is 9.28. The van der Waals surface area contributed by atoms with Crippen molar-refractivity contribution in [3.63, 3.8) is 0 Å². The number of amides is 2. The molecule has 0 saturated carbocycles. The first-order chi connectivity index (χ1) is 13.9. The molecule has 2 aromatic rings. The zero-order chi connectivity index (χ0) is 20.8. The number of benzene rings is 1. The van der Waals surface area contributed by atoms with Crippen LogP contribution in [0, 0.1) is 5.92 Å². The third-order valence-electron chi connectivity index (χ3n) is 4.16. The number of hydrogen-bond donors (Lipinski definition) is 3. The first kappa shape index (κ1) is 20.5. The largest absolute Gasteiger partial charge is 0.378 e. The molecule has 3 rings (SSSR count). The van der Waals surface area contributed by atoms with E-state index in [9.17, 15) is 9.59 Å². The smallest absolute Gasteiger partial charge is 0.293 e. The van der Waals surface area contributed by atoms with Crippen LogP contribution in [0.5, 0.6) is 0 Å². The van der Waals surface area contributed by atoms with Gasteiger partial charge >= 0.3 is 0 Å². The van der Waals surface area contributed by atoms with E-state index < -0.39 is 5.91 Å². The van der Waals surface area contributed by atoms with Crippen LogP contribution in [0.2, 0.25) is 0 Å². The fourth-order valence-electron chi connectivity index (χ4n) is 2.79.